The average Bonchev–Trinajstić information content (AvgIpc) is 3.15. The molecule has 0 spiro atoms. The van der Waals surface area contributed by atoms with Gasteiger partial charge in [0.25, 0.3) is 0 Å². The van der Waals surface area contributed by atoms with E-state index in [0.29, 0.717) is 0 Å². The van der Waals surface area contributed by atoms with Crippen LogP contribution in [0.4, 0.5) is 5.69 Å². The zero-order valence-electron chi connectivity index (χ0n) is 13.9. The summed E-state index contributed by atoms with van der Waals surface area (Å²) in [6, 6.07) is 26.7. The van der Waals surface area contributed by atoms with Gasteiger partial charge in [0.2, 0.25) is 0 Å². The van der Waals surface area contributed by atoms with Crippen LogP contribution in [0, 0.1) is 0 Å². The first-order chi connectivity index (χ1) is 12.7. The predicted octanol–water partition coefficient (Wildman–Crippen LogP) is 2.55. The Morgan fingerprint density at radius 2 is 1.50 bits per heavy atom. The Bertz CT molecular complexity index is 944. The number of nitrogens with zero attached hydrogens (tertiary/aromatic N) is 2. The van der Waals surface area contributed by atoms with Crippen molar-refractivity contribution in [2.24, 2.45) is 4.90 Å². The summed E-state index contributed by atoms with van der Waals surface area (Å²) in [7, 11) is 0. The smallest absolute Gasteiger partial charge is 0.451 e. The number of amidine groups is 1. The van der Waals surface area contributed by atoms with Crippen molar-refractivity contribution in [1.29, 1.82) is 0 Å². The molecule has 0 aliphatic carbocycles. The van der Waals surface area contributed by atoms with Gasteiger partial charge in [-0.2, -0.15) is 0 Å². The van der Waals surface area contributed by atoms with Crippen molar-refractivity contribution in [1.82, 2.24) is 5.43 Å². The van der Waals surface area contributed by atoms with E-state index < -0.39 is 5.97 Å². The van der Waals surface area contributed by atoms with E-state index >= 15 is 0 Å². The van der Waals surface area contributed by atoms with Crippen LogP contribution in [0.25, 0.3) is 0 Å². The van der Waals surface area contributed by atoms with Gasteiger partial charge in [-0.05, 0) is 29.7 Å². The van der Waals surface area contributed by atoms with Crippen molar-refractivity contribution in [3.05, 3.63) is 96.1 Å². The van der Waals surface area contributed by atoms with Crippen LogP contribution in [0.3, 0.4) is 0 Å². The van der Waals surface area contributed by atoms with E-state index in [1.165, 1.54) is 0 Å². The molecule has 0 amide bonds. The van der Waals surface area contributed by atoms with Crippen molar-refractivity contribution in [3.8, 4) is 0 Å². The highest BCUT2D eigenvalue weighted by atomic mass is 16.4. The quantitative estimate of drug-likeness (QED) is 0.716. The largest absolute Gasteiger partial charge is 0.478 e. The van der Waals surface area contributed by atoms with Crippen LogP contribution in [-0.4, -0.2) is 23.9 Å². The first-order valence-electron chi connectivity index (χ1n) is 8.30. The van der Waals surface area contributed by atoms with Gasteiger partial charge in [-0.25, -0.2) is 4.79 Å². The number of hydrogen-bond acceptors (Lipinski definition) is 4. The number of carboxylic acid groups (broad SMARTS) is 1. The van der Waals surface area contributed by atoms with Gasteiger partial charge in [0.1, 0.15) is 5.84 Å². The van der Waals surface area contributed by atoms with E-state index in [1.807, 2.05) is 77.7 Å². The minimum absolute atomic E-state index is 0.262. The number of carbonyl (C=O) groups is 1. The van der Waals surface area contributed by atoms with Crippen molar-refractivity contribution in [3.63, 3.8) is 0 Å². The molecule has 0 atom stereocenters. The second-order valence-corrected chi connectivity index (χ2v) is 5.96. The molecule has 2 N–H and O–H groups in total. The molecule has 1 aliphatic rings. The van der Waals surface area contributed by atoms with Gasteiger partial charge in [-0.15, -0.1) is 0 Å². The van der Waals surface area contributed by atoms with E-state index in [9.17, 15) is 4.79 Å². The number of carboxylic acids is 1. The monoisotopic (exact) mass is 341 g/mol. The summed E-state index contributed by atoms with van der Waals surface area (Å²) in [4.78, 5) is 17.9. The number of rotatable bonds is 4. The van der Waals surface area contributed by atoms with E-state index in [0.717, 1.165) is 22.5 Å². The highest BCUT2D eigenvalue weighted by Crippen LogP contribution is 2.18. The highest BCUT2D eigenvalue weighted by molar-refractivity contribution is 6.77. The molecule has 1 heterocycles. The second kappa shape index (κ2) is 6.76. The molecular formula is C20H16BN3O2. The summed E-state index contributed by atoms with van der Waals surface area (Å²) in [5, 5.41) is 9.11. The number of para-hydroxylation sites is 1. The van der Waals surface area contributed by atoms with Crippen molar-refractivity contribution in [2.45, 2.75) is 0 Å². The SMILES string of the molecule is O=C(O)c1ccc(B2N=C(c3ccccc3)NN2c2ccccc2)cc1. The van der Waals surface area contributed by atoms with Gasteiger partial charge in [-0.1, -0.05) is 60.7 Å². The molecule has 1 aliphatic heterocycles. The Morgan fingerprint density at radius 1 is 0.885 bits per heavy atom. The van der Waals surface area contributed by atoms with E-state index in [4.69, 9.17) is 10.0 Å². The summed E-state index contributed by atoms with van der Waals surface area (Å²) < 4.78 is 0. The molecular weight excluding hydrogens is 325 g/mol. The van der Waals surface area contributed by atoms with Crippen LogP contribution < -0.4 is 15.8 Å². The molecule has 5 nitrogen and oxygen atoms in total. The van der Waals surface area contributed by atoms with Gasteiger partial charge in [-0.3, -0.25) is 10.3 Å². The molecule has 3 aromatic carbocycles. The van der Waals surface area contributed by atoms with Crippen molar-refractivity contribution in [2.75, 3.05) is 4.92 Å². The van der Waals surface area contributed by atoms with Crippen LogP contribution in [0.2, 0.25) is 0 Å². The maximum Gasteiger partial charge on any atom is 0.451 e. The molecule has 0 saturated heterocycles. The third-order valence-corrected chi connectivity index (χ3v) is 4.26. The molecule has 0 bridgehead atoms. The maximum atomic E-state index is 11.1. The first kappa shape index (κ1) is 16.0. The average molecular weight is 341 g/mol. The lowest BCUT2D eigenvalue weighted by Gasteiger charge is -2.23. The van der Waals surface area contributed by atoms with Gasteiger partial charge >= 0.3 is 13.0 Å². The van der Waals surface area contributed by atoms with Crippen LogP contribution >= 0.6 is 0 Å². The summed E-state index contributed by atoms with van der Waals surface area (Å²) >= 11 is 0. The normalized spacial score (nSPS) is 13.3. The molecule has 0 fully saturated rings. The molecule has 6 heteroatoms. The summed E-state index contributed by atoms with van der Waals surface area (Å²) in [5.41, 5.74) is 6.53. The first-order valence-corrected chi connectivity index (χ1v) is 8.30. The maximum absolute atomic E-state index is 11.1. The Labute approximate surface area is 151 Å². The third-order valence-electron chi connectivity index (χ3n) is 4.26. The molecule has 26 heavy (non-hydrogen) atoms. The number of hydrazine groups is 1. The van der Waals surface area contributed by atoms with Crippen LogP contribution in [0.1, 0.15) is 15.9 Å². The fraction of sp³-hybridized carbons (Fsp3) is 0. The topological polar surface area (TPSA) is 64.9 Å². The standard InChI is InChI=1S/C20H16BN3O2/c25-20(26)16-11-13-17(14-12-16)21-22-19(15-7-3-1-4-8-15)23-24(21)18-9-5-2-6-10-18/h1-14H,(H,22,23)(H,25,26). The predicted molar refractivity (Wildman–Crippen MR) is 104 cm³/mol. The number of anilines is 1. The van der Waals surface area contributed by atoms with E-state index in [1.54, 1.807) is 12.1 Å². The van der Waals surface area contributed by atoms with E-state index in [2.05, 4.69) is 5.43 Å². The molecule has 0 unspecified atom stereocenters. The fourth-order valence-electron chi connectivity index (χ4n) is 2.94. The molecule has 0 aromatic heterocycles. The molecule has 4 rings (SSSR count). The summed E-state index contributed by atoms with van der Waals surface area (Å²) in [6.45, 7) is -0.282. The zero-order valence-corrected chi connectivity index (χ0v) is 13.9. The summed E-state index contributed by atoms with van der Waals surface area (Å²) in [5.74, 6) is -0.156. The molecule has 3 aromatic rings. The van der Waals surface area contributed by atoms with Crippen molar-refractivity contribution < 1.29 is 9.90 Å². The Kier molecular flexibility index (Phi) is 4.15. The number of nitrogens with one attached hydrogen (secondary N) is 1. The second-order valence-electron chi connectivity index (χ2n) is 5.96. The molecule has 126 valence electrons. The lowest BCUT2D eigenvalue weighted by Crippen LogP contribution is -2.50. The zero-order chi connectivity index (χ0) is 17.9. The highest BCUT2D eigenvalue weighted by Gasteiger charge is 2.34. The Morgan fingerprint density at radius 3 is 2.12 bits per heavy atom. The number of benzene rings is 3. The minimum atomic E-state index is -0.936. The molecule has 0 saturated carbocycles. The van der Waals surface area contributed by atoms with Crippen LogP contribution in [-0.2, 0) is 0 Å². The van der Waals surface area contributed by atoms with E-state index in [-0.39, 0.29) is 12.5 Å². The molecule has 0 radical (unpaired) electrons. The fourth-order valence-corrected chi connectivity index (χ4v) is 2.94. The lowest BCUT2D eigenvalue weighted by atomic mass is 9.68. The minimum Gasteiger partial charge on any atom is -0.478 e. The van der Waals surface area contributed by atoms with Gasteiger partial charge in [0.15, 0.2) is 0 Å². The Hall–Kier alpha value is -3.54. The summed E-state index contributed by atoms with van der Waals surface area (Å²) in [6.07, 6.45) is 0. The van der Waals surface area contributed by atoms with Gasteiger partial charge < -0.3 is 10.0 Å². The third kappa shape index (κ3) is 3.04. The number of hydrogen-bond donors (Lipinski definition) is 2. The van der Waals surface area contributed by atoms with Crippen LogP contribution in [0.15, 0.2) is 89.8 Å². The van der Waals surface area contributed by atoms with Crippen LogP contribution in [0.5, 0.6) is 0 Å². The van der Waals surface area contributed by atoms with Gasteiger partial charge in [0, 0.05) is 11.3 Å². The van der Waals surface area contributed by atoms with Gasteiger partial charge in [0.05, 0.1) is 5.56 Å². The van der Waals surface area contributed by atoms with Crippen molar-refractivity contribution >= 4 is 29.9 Å². The Balaban J connectivity index is 1.73. The lowest BCUT2D eigenvalue weighted by molar-refractivity contribution is 0.0697. The number of aromatic carboxylic acids is 1.